The zero-order chi connectivity index (χ0) is 6.69. The molecule has 0 aromatic rings. The van der Waals surface area contributed by atoms with Crippen molar-refractivity contribution in [1.29, 1.82) is 0 Å². The van der Waals surface area contributed by atoms with Crippen LogP contribution < -0.4 is 0 Å². The van der Waals surface area contributed by atoms with Crippen LogP contribution in [0.4, 0.5) is 0 Å². The summed E-state index contributed by atoms with van der Waals surface area (Å²) in [6, 6.07) is 0.713. The van der Waals surface area contributed by atoms with Crippen LogP contribution in [0, 0.1) is 0 Å². The van der Waals surface area contributed by atoms with Gasteiger partial charge in [0.2, 0.25) is 0 Å². The van der Waals surface area contributed by atoms with Crippen molar-refractivity contribution in [3.63, 3.8) is 0 Å². The second-order valence-corrected chi connectivity index (χ2v) is 3.01. The van der Waals surface area contributed by atoms with Crippen molar-refractivity contribution >= 4 is 6.21 Å². The standard InChI is InChI=1S/C8H16N/c1-8(2)9-6-4-3-5-7-9/h6,8H,3-5,7H2,1-2H3/q+1/i7+1,9+1. The molecule has 0 fully saturated rings. The van der Waals surface area contributed by atoms with Crippen LogP contribution in [0.3, 0.4) is 0 Å². The molecule has 0 radical (unpaired) electrons. The van der Waals surface area contributed by atoms with Gasteiger partial charge in [-0.05, 0) is 20.3 Å². The second kappa shape index (κ2) is 3.00. The van der Waals surface area contributed by atoms with Crippen molar-refractivity contribution in [3.05, 3.63) is 0 Å². The SMILES string of the molecule is CC(C)[15N+]1=CCCC[13CH2]1. The van der Waals surface area contributed by atoms with Gasteiger partial charge in [0.1, 0.15) is 18.8 Å². The lowest BCUT2D eigenvalue weighted by atomic mass is 10.3. The Kier molecular flexibility index (Phi) is 2.26. The van der Waals surface area contributed by atoms with Gasteiger partial charge in [-0.25, -0.2) is 4.58 Å². The molecule has 1 rings (SSSR count). The lowest BCUT2D eigenvalue weighted by Crippen LogP contribution is -2.25. The maximum Gasteiger partial charge on any atom is 0.146 e. The highest BCUT2D eigenvalue weighted by molar-refractivity contribution is 5.51. The maximum absolute atomic E-state index is 2.43. The molecule has 0 N–H and O–H groups in total. The van der Waals surface area contributed by atoms with E-state index in [2.05, 4.69) is 24.6 Å². The van der Waals surface area contributed by atoms with E-state index in [1.807, 2.05) is 0 Å². The smallest absolute Gasteiger partial charge is 0.146 e. The first-order chi connectivity index (χ1) is 4.30. The Morgan fingerprint density at radius 2 is 2.11 bits per heavy atom. The first-order valence-electron chi connectivity index (χ1n) is 3.90. The van der Waals surface area contributed by atoms with Gasteiger partial charge in [0, 0.05) is 12.8 Å². The van der Waals surface area contributed by atoms with E-state index in [0.717, 1.165) is 0 Å². The molecule has 0 unspecified atom stereocenters. The first-order valence-corrected chi connectivity index (χ1v) is 3.90. The fourth-order valence-electron chi connectivity index (χ4n) is 1.26. The average Bonchev–Trinajstić information content (AvgIpc) is 1.90. The third-order valence-corrected chi connectivity index (χ3v) is 1.90. The monoisotopic (exact) mass is 128 g/mol. The molecule has 1 nitrogen and oxygen atoms in total. The molecule has 1 heterocycles. The Morgan fingerprint density at radius 1 is 1.33 bits per heavy atom. The number of rotatable bonds is 1. The predicted octanol–water partition coefficient (Wildman–Crippen LogP) is 1.66. The highest BCUT2D eigenvalue weighted by atomic mass is 15.8. The Bertz CT molecular complexity index is 114. The van der Waals surface area contributed by atoms with Crippen molar-refractivity contribution in [3.8, 4) is 0 Å². The van der Waals surface area contributed by atoms with E-state index in [0.29, 0.717) is 6.04 Å². The van der Waals surface area contributed by atoms with Crippen LogP contribution in [0.1, 0.15) is 33.1 Å². The molecule has 52 valence electrons. The molecule has 0 spiro atoms. The number of hydrogen-bond acceptors (Lipinski definition) is 0. The molecule has 1 heteroatoms. The summed E-state index contributed by atoms with van der Waals surface area (Å²) in [5.74, 6) is 0. The highest BCUT2D eigenvalue weighted by Crippen LogP contribution is 2.02. The van der Waals surface area contributed by atoms with E-state index in [-0.39, 0.29) is 0 Å². The van der Waals surface area contributed by atoms with Crippen LogP contribution in [0.15, 0.2) is 0 Å². The van der Waals surface area contributed by atoms with Gasteiger partial charge in [-0.1, -0.05) is 0 Å². The van der Waals surface area contributed by atoms with Crippen LogP contribution in [0.5, 0.6) is 0 Å². The fourth-order valence-corrected chi connectivity index (χ4v) is 1.26. The van der Waals surface area contributed by atoms with Gasteiger partial charge in [-0.15, -0.1) is 0 Å². The van der Waals surface area contributed by atoms with Crippen LogP contribution in [-0.4, -0.2) is 23.4 Å². The van der Waals surface area contributed by atoms with Crippen molar-refractivity contribution < 1.29 is 4.58 Å². The molecule has 0 aromatic heterocycles. The summed E-state index contributed by atoms with van der Waals surface area (Å²) in [5.41, 5.74) is 0. The molecule has 0 saturated carbocycles. The van der Waals surface area contributed by atoms with E-state index in [4.69, 9.17) is 0 Å². The predicted molar refractivity (Wildman–Crippen MR) is 40.2 cm³/mol. The van der Waals surface area contributed by atoms with E-state index in [1.54, 1.807) is 0 Å². The normalized spacial score (nSPS) is 20.1. The summed E-state index contributed by atoms with van der Waals surface area (Å²) in [6.45, 7) is 5.78. The van der Waals surface area contributed by atoms with Crippen molar-refractivity contribution in [2.45, 2.75) is 39.2 Å². The summed E-state index contributed by atoms with van der Waals surface area (Å²) in [5, 5.41) is 0. The minimum atomic E-state index is 0.713. The molecule has 0 atom stereocenters. The Morgan fingerprint density at radius 3 is 2.44 bits per heavy atom. The molecule has 0 bridgehead atoms. The lowest BCUT2D eigenvalue weighted by Gasteiger charge is -2.10. The minimum Gasteiger partial charge on any atom is -0.238 e. The van der Waals surface area contributed by atoms with E-state index in [1.165, 1.54) is 25.8 Å². The molecule has 0 aromatic carbocycles. The van der Waals surface area contributed by atoms with Gasteiger partial charge in [0.25, 0.3) is 0 Å². The largest absolute Gasteiger partial charge is 0.238 e. The molecular weight excluding hydrogens is 112 g/mol. The zero-order valence-electron chi connectivity index (χ0n) is 6.43. The van der Waals surface area contributed by atoms with E-state index in [9.17, 15) is 0 Å². The van der Waals surface area contributed by atoms with Crippen LogP contribution >= 0.6 is 0 Å². The summed E-state index contributed by atoms with van der Waals surface area (Å²) >= 11 is 0. The number of nitrogens with zero attached hydrogens (tertiary/aromatic N) is 1. The summed E-state index contributed by atoms with van der Waals surface area (Å²) in [7, 11) is 0. The number of hydrogen-bond donors (Lipinski definition) is 0. The summed E-state index contributed by atoms with van der Waals surface area (Å²) in [4.78, 5) is 0. The average molecular weight is 128 g/mol. The van der Waals surface area contributed by atoms with Crippen LogP contribution in [0.2, 0.25) is 0 Å². The second-order valence-electron chi connectivity index (χ2n) is 3.01. The molecule has 9 heavy (non-hydrogen) atoms. The maximum atomic E-state index is 2.43. The first kappa shape index (κ1) is 6.79. The minimum absolute atomic E-state index is 0.713. The van der Waals surface area contributed by atoms with Crippen molar-refractivity contribution in [1.82, 2.24) is 0 Å². The fraction of sp³-hybridized carbons (Fsp3) is 0.875. The third kappa shape index (κ3) is 1.81. The Labute approximate surface area is 57.4 Å². The van der Waals surface area contributed by atoms with Gasteiger partial charge in [-0.2, -0.15) is 0 Å². The molecule has 1 aliphatic rings. The quantitative estimate of drug-likeness (QED) is 0.287. The summed E-state index contributed by atoms with van der Waals surface area (Å²) < 4.78 is 2.43. The van der Waals surface area contributed by atoms with Gasteiger partial charge in [0.05, 0.1) is 0 Å². The zero-order valence-corrected chi connectivity index (χ0v) is 6.43. The lowest BCUT2D eigenvalue weighted by molar-refractivity contribution is -0.558. The topological polar surface area (TPSA) is 3.01 Å². The third-order valence-electron chi connectivity index (χ3n) is 1.90. The van der Waals surface area contributed by atoms with E-state index >= 15 is 0 Å². The molecular formula is C8H16N+. The van der Waals surface area contributed by atoms with Crippen LogP contribution in [-0.2, 0) is 0 Å². The van der Waals surface area contributed by atoms with Crippen LogP contribution in [0.25, 0.3) is 0 Å². The molecule has 1 aliphatic heterocycles. The van der Waals surface area contributed by atoms with Crippen molar-refractivity contribution in [2.75, 3.05) is 6.54 Å². The molecule has 0 saturated heterocycles. The molecule has 0 aliphatic carbocycles. The van der Waals surface area contributed by atoms with Gasteiger partial charge >= 0.3 is 0 Å². The highest BCUT2D eigenvalue weighted by Gasteiger charge is 2.11. The van der Waals surface area contributed by atoms with Gasteiger partial charge in [0.15, 0.2) is 0 Å². The van der Waals surface area contributed by atoms with Gasteiger partial charge in [-0.3, -0.25) is 0 Å². The molecule has 0 amide bonds. The summed E-state index contributed by atoms with van der Waals surface area (Å²) in [6.07, 6.45) is 6.41. The van der Waals surface area contributed by atoms with Gasteiger partial charge < -0.3 is 0 Å². The Balaban J connectivity index is 2.46. The van der Waals surface area contributed by atoms with Crippen molar-refractivity contribution in [2.24, 2.45) is 0 Å². The Hall–Kier alpha value is -0.330. The van der Waals surface area contributed by atoms with E-state index < -0.39 is 0 Å².